The van der Waals surface area contributed by atoms with Crippen molar-refractivity contribution in [3.05, 3.63) is 22.4 Å². The molecule has 1 saturated carbocycles. The Kier molecular flexibility index (Phi) is 7.06. The SMILES string of the molecule is O=C(CNC(=O)c1cccs1)NCC(=O)NC1CCCCCC1. The molecule has 1 aromatic rings. The lowest BCUT2D eigenvalue weighted by Crippen LogP contribution is -2.44. The monoisotopic (exact) mass is 337 g/mol. The Morgan fingerprint density at radius 1 is 1.00 bits per heavy atom. The van der Waals surface area contributed by atoms with E-state index in [4.69, 9.17) is 0 Å². The number of hydrogen-bond acceptors (Lipinski definition) is 4. The van der Waals surface area contributed by atoms with Gasteiger partial charge in [-0.1, -0.05) is 31.7 Å². The van der Waals surface area contributed by atoms with Crippen LogP contribution in [-0.2, 0) is 9.59 Å². The first-order valence-corrected chi connectivity index (χ1v) is 8.91. The molecule has 23 heavy (non-hydrogen) atoms. The van der Waals surface area contributed by atoms with Crippen molar-refractivity contribution in [2.24, 2.45) is 0 Å². The third-order valence-electron chi connectivity index (χ3n) is 3.82. The normalized spacial score (nSPS) is 15.5. The van der Waals surface area contributed by atoms with Crippen LogP contribution in [0.1, 0.15) is 48.2 Å². The Labute approximate surface area is 140 Å². The minimum atomic E-state index is -0.370. The van der Waals surface area contributed by atoms with E-state index in [0.29, 0.717) is 4.88 Å². The van der Waals surface area contributed by atoms with Gasteiger partial charge in [-0.25, -0.2) is 0 Å². The minimum absolute atomic E-state index is 0.0514. The van der Waals surface area contributed by atoms with E-state index in [9.17, 15) is 14.4 Å². The molecule has 3 N–H and O–H groups in total. The molecule has 1 aliphatic rings. The fourth-order valence-electron chi connectivity index (χ4n) is 2.60. The molecule has 126 valence electrons. The van der Waals surface area contributed by atoms with Crippen LogP contribution in [0.2, 0.25) is 0 Å². The Hall–Kier alpha value is -1.89. The van der Waals surface area contributed by atoms with Crippen molar-refractivity contribution < 1.29 is 14.4 Å². The molecular weight excluding hydrogens is 314 g/mol. The van der Waals surface area contributed by atoms with Gasteiger partial charge in [0.15, 0.2) is 0 Å². The van der Waals surface area contributed by atoms with Gasteiger partial charge in [0.05, 0.1) is 18.0 Å². The van der Waals surface area contributed by atoms with E-state index in [1.54, 1.807) is 17.5 Å². The summed E-state index contributed by atoms with van der Waals surface area (Å²) in [7, 11) is 0. The topological polar surface area (TPSA) is 87.3 Å². The van der Waals surface area contributed by atoms with E-state index >= 15 is 0 Å². The summed E-state index contributed by atoms with van der Waals surface area (Å²) in [6, 6.07) is 3.69. The summed E-state index contributed by atoms with van der Waals surface area (Å²) in [6.07, 6.45) is 6.77. The van der Waals surface area contributed by atoms with Crippen molar-refractivity contribution >= 4 is 29.1 Å². The zero-order chi connectivity index (χ0) is 16.5. The molecule has 0 aromatic carbocycles. The van der Waals surface area contributed by atoms with E-state index in [0.717, 1.165) is 25.7 Å². The molecule has 0 atom stereocenters. The first-order valence-electron chi connectivity index (χ1n) is 8.03. The Morgan fingerprint density at radius 2 is 1.70 bits per heavy atom. The van der Waals surface area contributed by atoms with Gasteiger partial charge in [0.1, 0.15) is 0 Å². The van der Waals surface area contributed by atoms with Crippen LogP contribution in [0.5, 0.6) is 0 Å². The number of amides is 3. The maximum Gasteiger partial charge on any atom is 0.261 e. The lowest BCUT2D eigenvalue weighted by Gasteiger charge is -2.16. The third kappa shape index (κ3) is 6.40. The predicted molar refractivity (Wildman–Crippen MR) is 89.3 cm³/mol. The zero-order valence-electron chi connectivity index (χ0n) is 13.1. The van der Waals surface area contributed by atoms with Crippen LogP contribution in [-0.4, -0.2) is 36.9 Å². The van der Waals surface area contributed by atoms with E-state index in [1.165, 1.54) is 24.2 Å². The number of carbonyl (C=O) groups is 3. The summed E-state index contributed by atoms with van der Waals surface area (Å²) in [6.45, 7) is -0.183. The van der Waals surface area contributed by atoms with Gasteiger partial charge in [-0.3, -0.25) is 14.4 Å². The molecule has 1 fully saturated rings. The summed E-state index contributed by atoms with van der Waals surface area (Å²) < 4.78 is 0. The number of hydrogen-bond donors (Lipinski definition) is 3. The van der Waals surface area contributed by atoms with Gasteiger partial charge in [-0.15, -0.1) is 11.3 Å². The molecule has 6 nitrogen and oxygen atoms in total. The predicted octanol–water partition coefficient (Wildman–Crippen LogP) is 1.43. The van der Waals surface area contributed by atoms with E-state index < -0.39 is 0 Å². The fourth-order valence-corrected chi connectivity index (χ4v) is 3.24. The lowest BCUT2D eigenvalue weighted by molar-refractivity contribution is -0.126. The number of carbonyl (C=O) groups excluding carboxylic acids is 3. The first-order chi connectivity index (χ1) is 11.1. The van der Waals surface area contributed by atoms with E-state index in [-0.39, 0.29) is 36.9 Å². The second-order valence-corrected chi connectivity index (χ2v) is 6.64. The van der Waals surface area contributed by atoms with Crippen LogP contribution in [0.4, 0.5) is 0 Å². The molecule has 0 aliphatic heterocycles. The van der Waals surface area contributed by atoms with Gasteiger partial charge in [-0.05, 0) is 24.3 Å². The number of nitrogens with one attached hydrogen (secondary N) is 3. The van der Waals surface area contributed by atoms with Gasteiger partial charge < -0.3 is 16.0 Å². The largest absolute Gasteiger partial charge is 0.352 e. The van der Waals surface area contributed by atoms with Gasteiger partial charge >= 0.3 is 0 Å². The summed E-state index contributed by atoms with van der Waals surface area (Å²) in [5.41, 5.74) is 0. The van der Waals surface area contributed by atoms with E-state index in [1.807, 2.05) is 0 Å². The van der Waals surface area contributed by atoms with Gasteiger partial charge in [-0.2, -0.15) is 0 Å². The lowest BCUT2D eigenvalue weighted by atomic mass is 10.1. The van der Waals surface area contributed by atoms with Crippen molar-refractivity contribution in [1.82, 2.24) is 16.0 Å². The Balaban J connectivity index is 1.61. The molecule has 0 radical (unpaired) electrons. The van der Waals surface area contributed by atoms with Crippen molar-refractivity contribution in [2.75, 3.05) is 13.1 Å². The Bertz CT molecular complexity index is 523. The average Bonchev–Trinajstić information content (AvgIpc) is 2.97. The Morgan fingerprint density at radius 3 is 2.35 bits per heavy atom. The highest BCUT2D eigenvalue weighted by Gasteiger charge is 2.15. The molecule has 0 saturated heterocycles. The first kappa shape index (κ1) is 17.5. The molecule has 0 bridgehead atoms. The molecule has 0 spiro atoms. The highest BCUT2D eigenvalue weighted by molar-refractivity contribution is 7.12. The molecule has 1 heterocycles. The average molecular weight is 337 g/mol. The molecule has 7 heteroatoms. The molecule has 1 aliphatic carbocycles. The van der Waals surface area contributed by atoms with Crippen molar-refractivity contribution in [3.8, 4) is 0 Å². The zero-order valence-corrected chi connectivity index (χ0v) is 13.9. The molecule has 0 unspecified atom stereocenters. The fraction of sp³-hybridized carbons (Fsp3) is 0.562. The maximum absolute atomic E-state index is 11.8. The highest BCUT2D eigenvalue weighted by atomic mass is 32.1. The molecule has 3 amide bonds. The molecule has 1 aromatic heterocycles. The third-order valence-corrected chi connectivity index (χ3v) is 4.69. The van der Waals surface area contributed by atoms with Crippen molar-refractivity contribution in [3.63, 3.8) is 0 Å². The summed E-state index contributed by atoms with van der Waals surface area (Å²) in [5, 5.41) is 9.81. The van der Waals surface area contributed by atoms with Crippen LogP contribution in [0, 0.1) is 0 Å². The van der Waals surface area contributed by atoms with Gasteiger partial charge in [0.2, 0.25) is 11.8 Å². The van der Waals surface area contributed by atoms with Crippen LogP contribution >= 0.6 is 11.3 Å². The summed E-state index contributed by atoms with van der Waals surface area (Å²) >= 11 is 1.31. The summed E-state index contributed by atoms with van der Waals surface area (Å²) in [5.74, 6) is -0.821. The highest BCUT2D eigenvalue weighted by Crippen LogP contribution is 2.16. The number of thiophene rings is 1. The number of rotatable bonds is 6. The minimum Gasteiger partial charge on any atom is -0.352 e. The molecular formula is C16H23N3O3S. The second kappa shape index (κ2) is 9.29. The van der Waals surface area contributed by atoms with Crippen molar-refractivity contribution in [1.29, 1.82) is 0 Å². The quantitative estimate of drug-likeness (QED) is 0.686. The van der Waals surface area contributed by atoms with Crippen molar-refractivity contribution in [2.45, 2.75) is 44.6 Å². The standard InChI is InChI=1S/C16H23N3O3S/c20-14(10-18-16(22)13-8-5-9-23-13)17-11-15(21)19-12-6-3-1-2-4-7-12/h5,8-9,12H,1-4,6-7,10-11H2,(H,17,20)(H,18,22)(H,19,21). The van der Waals surface area contributed by atoms with E-state index in [2.05, 4.69) is 16.0 Å². The van der Waals surface area contributed by atoms with Crippen LogP contribution < -0.4 is 16.0 Å². The maximum atomic E-state index is 11.8. The van der Waals surface area contributed by atoms with Crippen LogP contribution in [0.15, 0.2) is 17.5 Å². The molecule has 2 rings (SSSR count). The smallest absolute Gasteiger partial charge is 0.261 e. The van der Waals surface area contributed by atoms with Crippen LogP contribution in [0.25, 0.3) is 0 Å². The van der Waals surface area contributed by atoms with Gasteiger partial charge in [0.25, 0.3) is 5.91 Å². The van der Waals surface area contributed by atoms with Gasteiger partial charge in [0, 0.05) is 6.04 Å². The van der Waals surface area contributed by atoms with Crippen LogP contribution in [0.3, 0.4) is 0 Å². The summed E-state index contributed by atoms with van der Waals surface area (Å²) in [4.78, 5) is 35.8. The second-order valence-electron chi connectivity index (χ2n) is 5.69.